The Kier molecular flexibility index (Phi) is 7.07. The molecule has 0 saturated heterocycles. The Balaban J connectivity index is 1.27. The lowest BCUT2D eigenvalue weighted by atomic mass is 9.99. The predicted octanol–water partition coefficient (Wildman–Crippen LogP) is 4.23. The molecule has 1 amide bonds. The van der Waals surface area contributed by atoms with Gasteiger partial charge >= 0.3 is 0 Å². The highest BCUT2D eigenvalue weighted by Crippen LogP contribution is 2.27. The van der Waals surface area contributed by atoms with Crippen molar-refractivity contribution in [1.82, 2.24) is 10.2 Å². The van der Waals surface area contributed by atoms with Crippen LogP contribution in [0.25, 0.3) is 0 Å². The van der Waals surface area contributed by atoms with Crippen LogP contribution in [0.2, 0.25) is 0 Å². The van der Waals surface area contributed by atoms with Crippen molar-refractivity contribution in [2.75, 3.05) is 27.3 Å². The molecule has 1 aliphatic heterocycles. The Labute approximate surface area is 190 Å². The van der Waals surface area contributed by atoms with Crippen molar-refractivity contribution >= 4 is 5.91 Å². The number of methoxy groups -OCH3 is 2. The first kappa shape index (κ1) is 21.9. The molecular formula is C27H30N2O3. The van der Waals surface area contributed by atoms with E-state index in [1.165, 1.54) is 16.7 Å². The number of rotatable bonds is 8. The molecule has 0 fully saturated rings. The number of nitrogens with one attached hydrogen (secondary N) is 1. The van der Waals surface area contributed by atoms with Crippen LogP contribution in [0, 0.1) is 0 Å². The molecule has 0 bridgehead atoms. The maximum Gasteiger partial charge on any atom is 0.251 e. The van der Waals surface area contributed by atoms with E-state index in [1.807, 2.05) is 30.3 Å². The van der Waals surface area contributed by atoms with E-state index < -0.39 is 0 Å². The highest BCUT2D eigenvalue weighted by atomic mass is 16.5. The van der Waals surface area contributed by atoms with Crippen molar-refractivity contribution in [3.63, 3.8) is 0 Å². The van der Waals surface area contributed by atoms with E-state index in [2.05, 4.69) is 46.6 Å². The van der Waals surface area contributed by atoms with E-state index in [1.54, 1.807) is 14.2 Å². The van der Waals surface area contributed by atoms with Crippen LogP contribution in [0.1, 0.15) is 32.6 Å². The molecule has 166 valence electrons. The van der Waals surface area contributed by atoms with Crippen LogP contribution < -0.4 is 14.8 Å². The van der Waals surface area contributed by atoms with Crippen molar-refractivity contribution in [1.29, 1.82) is 0 Å². The topological polar surface area (TPSA) is 50.8 Å². The van der Waals surface area contributed by atoms with Crippen LogP contribution in [0.4, 0.5) is 0 Å². The van der Waals surface area contributed by atoms with Gasteiger partial charge in [-0.2, -0.15) is 0 Å². The van der Waals surface area contributed by atoms with Gasteiger partial charge in [-0.1, -0.05) is 42.5 Å². The number of amides is 1. The summed E-state index contributed by atoms with van der Waals surface area (Å²) in [6, 6.07) is 22.4. The maximum atomic E-state index is 12.5. The van der Waals surface area contributed by atoms with E-state index >= 15 is 0 Å². The lowest BCUT2D eigenvalue weighted by Gasteiger charge is -2.28. The summed E-state index contributed by atoms with van der Waals surface area (Å²) < 4.78 is 10.6. The minimum absolute atomic E-state index is 0.0519. The van der Waals surface area contributed by atoms with Crippen LogP contribution in [0.5, 0.6) is 11.5 Å². The second-order valence-electron chi connectivity index (χ2n) is 8.12. The Morgan fingerprint density at radius 2 is 1.62 bits per heavy atom. The van der Waals surface area contributed by atoms with Gasteiger partial charge in [0.2, 0.25) is 0 Å². The largest absolute Gasteiger partial charge is 0.493 e. The summed E-state index contributed by atoms with van der Waals surface area (Å²) in [6.45, 7) is 3.50. The normalized spacial score (nSPS) is 13.3. The summed E-state index contributed by atoms with van der Waals surface area (Å²) in [7, 11) is 3.24. The SMILES string of the molecule is COc1ccc(CCNC(=O)c2ccc(CN3CCc4ccccc4C3)cc2)cc1OC. The number of hydrogen-bond acceptors (Lipinski definition) is 4. The van der Waals surface area contributed by atoms with Gasteiger partial charge in [0.05, 0.1) is 14.2 Å². The van der Waals surface area contributed by atoms with E-state index in [0.29, 0.717) is 23.6 Å². The highest BCUT2D eigenvalue weighted by molar-refractivity contribution is 5.94. The van der Waals surface area contributed by atoms with E-state index in [-0.39, 0.29) is 5.91 Å². The standard InChI is InChI=1S/C27H30N2O3/c1-31-25-12-9-20(17-26(25)32-2)13-15-28-27(30)23-10-7-21(8-11-23)18-29-16-14-22-5-3-4-6-24(22)19-29/h3-12,17H,13-16,18-19H2,1-2H3,(H,28,30). The lowest BCUT2D eigenvalue weighted by molar-refractivity contribution is 0.0954. The zero-order valence-corrected chi connectivity index (χ0v) is 18.8. The summed E-state index contributed by atoms with van der Waals surface area (Å²) in [5, 5.41) is 3.00. The number of carbonyl (C=O) groups excluding carboxylic acids is 1. The van der Waals surface area contributed by atoms with Gasteiger partial charge in [0.15, 0.2) is 11.5 Å². The molecule has 0 radical (unpaired) electrons. The van der Waals surface area contributed by atoms with Crippen molar-refractivity contribution in [3.8, 4) is 11.5 Å². The van der Waals surface area contributed by atoms with Crippen molar-refractivity contribution in [2.45, 2.75) is 25.9 Å². The summed E-state index contributed by atoms with van der Waals surface area (Å²) in [5.41, 5.74) is 5.88. The molecule has 5 heteroatoms. The summed E-state index contributed by atoms with van der Waals surface area (Å²) in [4.78, 5) is 15.0. The first-order chi connectivity index (χ1) is 15.7. The minimum Gasteiger partial charge on any atom is -0.493 e. The monoisotopic (exact) mass is 430 g/mol. The average Bonchev–Trinajstić information content (AvgIpc) is 2.84. The Bertz CT molecular complexity index is 1060. The van der Waals surface area contributed by atoms with Crippen LogP contribution in [-0.2, 0) is 25.9 Å². The molecule has 0 saturated carbocycles. The van der Waals surface area contributed by atoms with Gasteiger partial charge in [-0.3, -0.25) is 9.69 Å². The molecular weight excluding hydrogens is 400 g/mol. The number of carbonyl (C=O) groups is 1. The van der Waals surface area contributed by atoms with E-state index in [9.17, 15) is 4.79 Å². The number of hydrogen-bond donors (Lipinski definition) is 1. The zero-order valence-electron chi connectivity index (χ0n) is 18.8. The van der Waals surface area contributed by atoms with Crippen LogP contribution in [0.3, 0.4) is 0 Å². The molecule has 0 atom stereocenters. The number of ether oxygens (including phenoxy) is 2. The van der Waals surface area contributed by atoms with Gasteiger partial charge in [0, 0.05) is 31.7 Å². The highest BCUT2D eigenvalue weighted by Gasteiger charge is 2.16. The fourth-order valence-electron chi connectivity index (χ4n) is 4.17. The first-order valence-electron chi connectivity index (χ1n) is 11.0. The number of fused-ring (bicyclic) bond motifs is 1. The Morgan fingerprint density at radius 3 is 2.38 bits per heavy atom. The Morgan fingerprint density at radius 1 is 0.906 bits per heavy atom. The molecule has 0 aromatic heterocycles. The van der Waals surface area contributed by atoms with E-state index in [0.717, 1.165) is 38.0 Å². The second-order valence-corrected chi connectivity index (χ2v) is 8.12. The molecule has 1 heterocycles. The zero-order chi connectivity index (χ0) is 22.3. The molecule has 0 unspecified atom stereocenters. The number of nitrogens with zero attached hydrogens (tertiary/aromatic N) is 1. The quantitative estimate of drug-likeness (QED) is 0.581. The maximum absolute atomic E-state index is 12.5. The molecule has 0 spiro atoms. The third kappa shape index (κ3) is 5.29. The van der Waals surface area contributed by atoms with E-state index in [4.69, 9.17) is 9.47 Å². The number of benzene rings is 3. The van der Waals surface area contributed by atoms with Gasteiger partial charge in [-0.25, -0.2) is 0 Å². The molecule has 3 aromatic carbocycles. The van der Waals surface area contributed by atoms with Crippen LogP contribution in [0.15, 0.2) is 66.7 Å². The summed E-state index contributed by atoms with van der Waals surface area (Å²) >= 11 is 0. The lowest BCUT2D eigenvalue weighted by Crippen LogP contribution is -2.30. The summed E-state index contributed by atoms with van der Waals surface area (Å²) in [6.07, 6.45) is 1.82. The van der Waals surface area contributed by atoms with Gasteiger partial charge in [-0.15, -0.1) is 0 Å². The minimum atomic E-state index is -0.0519. The fraction of sp³-hybridized carbons (Fsp3) is 0.296. The molecule has 5 nitrogen and oxygen atoms in total. The van der Waals surface area contributed by atoms with Crippen molar-refractivity contribution in [3.05, 3.63) is 94.5 Å². The van der Waals surface area contributed by atoms with Crippen molar-refractivity contribution in [2.24, 2.45) is 0 Å². The van der Waals surface area contributed by atoms with Crippen LogP contribution >= 0.6 is 0 Å². The van der Waals surface area contributed by atoms with Crippen molar-refractivity contribution < 1.29 is 14.3 Å². The first-order valence-corrected chi connectivity index (χ1v) is 11.0. The molecule has 3 aromatic rings. The molecule has 4 rings (SSSR count). The second kappa shape index (κ2) is 10.3. The summed E-state index contributed by atoms with van der Waals surface area (Å²) in [5.74, 6) is 1.35. The third-order valence-electron chi connectivity index (χ3n) is 5.98. The molecule has 0 aliphatic carbocycles. The van der Waals surface area contributed by atoms with Gasteiger partial charge < -0.3 is 14.8 Å². The van der Waals surface area contributed by atoms with Gasteiger partial charge in [0.25, 0.3) is 5.91 Å². The smallest absolute Gasteiger partial charge is 0.251 e. The molecule has 1 N–H and O–H groups in total. The molecule has 1 aliphatic rings. The fourth-order valence-corrected chi connectivity index (χ4v) is 4.17. The molecule has 32 heavy (non-hydrogen) atoms. The van der Waals surface area contributed by atoms with Crippen LogP contribution in [-0.4, -0.2) is 38.1 Å². The average molecular weight is 431 g/mol. The van der Waals surface area contributed by atoms with Gasteiger partial charge in [-0.05, 0) is 59.4 Å². The van der Waals surface area contributed by atoms with Gasteiger partial charge in [0.1, 0.15) is 0 Å². The third-order valence-corrected chi connectivity index (χ3v) is 5.98. The Hall–Kier alpha value is -3.31. The predicted molar refractivity (Wildman–Crippen MR) is 126 cm³/mol.